The molecule has 2 N–H and O–H groups in total. The second-order valence-corrected chi connectivity index (χ2v) is 6.81. The van der Waals surface area contributed by atoms with Gasteiger partial charge >= 0.3 is 0 Å². The summed E-state index contributed by atoms with van der Waals surface area (Å²) in [4.78, 5) is 12.4. The molecule has 8 heteroatoms. The summed E-state index contributed by atoms with van der Waals surface area (Å²) < 4.78 is 37.0. The number of benzene rings is 2. The summed E-state index contributed by atoms with van der Waals surface area (Å²) in [6.07, 6.45) is 0. The van der Waals surface area contributed by atoms with Crippen molar-refractivity contribution in [1.82, 2.24) is 4.72 Å². The fourth-order valence-electron chi connectivity index (χ4n) is 2.18. The lowest BCUT2D eigenvalue weighted by atomic mass is 10.2. The van der Waals surface area contributed by atoms with Crippen molar-refractivity contribution >= 4 is 21.6 Å². The zero-order valence-corrected chi connectivity index (χ0v) is 15.0. The predicted octanol–water partition coefficient (Wildman–Crippen LogP) is 2.25. The van der Waals surface area contributed by atoms with Crippen LogP contribution in [0.5, 0.6) is 11.5 Å². The van der Waals surface area contributed by atoms with Crippen LogP contribution in [0.4, 0.5) is 5.69 Å². The van der Waals surface area contributed by atoms with Crippen molar-refractivity contribution in [2.24, 2.45) is 0 Å². The molecular formula is C17H20N2O5S. The van der Waals surface area contributed by atoms with E-state index in [1.165, 1.54) is 32.4 Å². The maximum absolute atomic E-state index is 12.5. The summed E-state index contributed by atoms with van der Waals surface area (Å²) in [5.74, 6) is 0.234. The highest BCUT2D eigenvalue weighted by atomic mass is 32.2. The number of sulfonamides is 1. The van der Waals surface area contributed by atoms with Crippen LogP contribution in [0.25, 0.3) is 0 Å². The molecule has 0 aromatic heterocycles. The molecule has 0 unspecified atom stereocenters. The quantitative estimate of drug-likeness (QED) is 0.786. The maximum Gasteiger partial charge on any atom is 0.255 e. The number of methoxy groups -OCH3 is 1. The standard InChI is InChI=1S/C17H20N2O5S/c1-4-24-14-8-6-5-7-13(14)19-17(20)12-9-10-15(23-3)16(11-12)25(21,22)18-2/h5-11,18H,4H2,1-3H3,(H,19,20). The third-order valence-electron chi connectivity index (χ3n) is 3.42. The highest BCUT2D eigenvalue weighted by Crippen LogP contribution is 2.27. The second kappa shape index (κ2) is 8.00. The van der Waals surface area contributed by atoms with Gasteiger partial charge in [-0.1, -0.05) is 12.1 Å². The molecule has 0 aliphatic rings. The number of ether oxygens (including phenoxy) is 2. The zero-order valence-electron chi connectivity index (χ0n) is 14.2. The summed E-state index contributed by atoms with van der Waals surface area (Å²) >= 11 is 0. The van der Waals surface area contributed by atoms with Gasteiger partial charge in [-0.2, -0.15) is 0 Å². The van der Waals surface area contributed by atoms with Gasteiger partial charge in [0.2, 0.25) is 10.0 Å². The lowest BCUT2D eigenvalue weighted by Crippen LogP contribution is -2.20. The van der Waals surface area contributed by atoms with Gasteiger partial charge in [-0.25, -0.2) is 13.1 Å². The third-order valence-corrected chi connectivity index (χ3v) is 4.85. The molecule has 1 amide bonds. The van der Waals surface area contributed by atoms with Crippen LogP contribution in [-0.2, 0) is 10.0 Å². The van der Waals surface area contributed by atoms with E-state index in [9.17, 15) is 13.2 Å². The van der Waals surface area contributed by atoms with Crippen molar-refractivity contribution in [3.05, 3.63) is 48.0 Å². The Balaban J connectivity index is 2.36. The van der Waals surface area contributed by atoms with Crippen molar-refractivity contribution in [2.75, 3.05) is 26.1 Å². The molecule has 0 saturated heterocycles. The predicted molar refractivity (Wildman–Crippen MR) is 94.8 cm³/mol. The molecule has 134 valence electrons. The van der Waals surface area contributed by atoms with Crippen LogP contribution in [0.1, 0.15) is 17.3 Å². The number of para-hydroxylation sites is 2. The Hall–Kier alpha value is -2.58. The van der Waals surface area contributed by atoms with Crippen LogP contribution in [0.2, 0.25) is 0 Å². The van der Waals surface area contributed by atoms with Crippen LogP contribution in [0.3, 0.4) is 0 Å². The minimum Gasteiger partial charge on any atom is -0.495 e. The van der Waals surface area contributed by atoms with Crippen LogP contribution in [-0.4, -0.2) is 35.1 Å². The number of rotatable bonds is 7. The average molecular weight is 364 g/mol. The molecule has 2 aromatic rings. The fourth-order valence-corrected chi connectivity index (χ4v) is 3.10. The minimum atomic E-state index is -3.77. The Kier molecular flexibility index (Phi) is 6.00. The fraction of sp³-hybridized carbons (Fsp3) is 0.235. The van der Waals surface area contributed by atoms with Gasteiger partial charge in [-0.3, -0.25) is 4.79 Å². The van der Waals surface area contributed by atoms with Crippen LogP contribution in [0, 0.1) is 0 Å². The molecule has 2 aromatic carbocycles. The van der Waals surface area contributed by atoms with Gasteiger partial charge in [-0.15, -0.1) is 0 Å². The minimum absolute atomic E-state index is 0.108. The van der Waals surface area contributed by atoms with Crippen molar-refractivity contribution in [3.63, 3.8) is 0 Å². The van der Waals surface area contributed by atoms with E-state index in [0.29, 0.717) is 18.0 Å². The van der Waals surface area contributed by atoms with Gasteiger partial charge in [0, 0.05) is 5.56 Å². The van der Waals surface area contributed by atoms with E-state index in [2.05, 4.69) is 10.0 Å². The zero-order chi connectivity index (χ0) is 18.4. The summed E-state index contributed by atoms with van der Waals surface area (Å²) in [6, 6.07) is 11.2. The summed E-state index contributed by atoms with van der Waals surface area (Å²) in [7, 11) is -1.11. The first-order valence-electron chi connectivity index (χ1n) is 7.57. The van der Waals surface area contributed by atoms with Crippen molar-refractivity contribution in [2.45, 2.75) is 11.8 Å². The van der Waals surface area contributed by atoms with Gasteiger partial charge < -0.3 is 14.8 Å². The Morgan fingerprint density at radius 2 is 1.84 bits per heavy atom. The van der Waals surface area contributed by atoms with Gasteiger partial charge in [0.25, 0.3) is 5.91 Å². The molecule has 0 bridgehead atoms. The highest BCUT2D eigenvalue weighted by Gasteiger charge is 2.20. The largest absolute Gasteiger partial charge is 0.495 e. The Labute approximate surface area is 147 Å². The van der Waals surface area contributed by atoms with Gasteiger partial charge in [0.15, 0.2) is 0 Å². The van der Waals surface area contributed by atoms with E-state index < -0.39 is 15.9 Å². The van der Waals surface area contributed by atoms with E-state index in [0.717, 1.165) is 0 Å². The monoisotopic (exact) mass is 364 g/mol. The van der Waals surface area contributed by atoms with Gasteiger partial charge in [0.05, 0.1) is 19.4 Å². The number of nitrogens with one attached hydrogen (secondary N) is 2. The SMILES string of the molecule is CCOc1ccccc1NC(=O)c1ccc(OC)c(S(=O)(=O)NC)c1. The summed E-state index contributed by atoms with van der Waals surface area (Å²) in [6.45, 7) is 2.30. The number of hydrogen-bond donors (Lipinski definition) is 2. The number of anilines is 1. The first kappa shape index (κ1) is 18.8. The van der Waals surface area contributed by atoms with Crippen LogP contribution < -0.4 is 19.5 Å². The second-order valence-electron chi connectivity index (χ2n) is 4.96. The van der Waals surface area contributed by atoms with Crippen LogP contribution in [0.15, 0.2) is 47.4 Å². The Bertz CT molecular complexity index is 865. The highest BCUT2D eigenvalue weighted by molar-refractivity contribution is 7.89. The molecule has 0 aliphatic carbocycles. The molecule has 2 rings (SSSR count). The lowest BCUT2D eigenvalue weighted by molar-refractivity contribution is 0.102. The third kappa shape index (κ3) is 4.28. The first-order chi connectivity index (χ1) is 11.9. The molecule has 0 saturated carbocycles. The number of amides is 1. The van der Waals surface area contributed by atoms with Crippen molar-refractivity contribution < 1.29 is 22.7 Å². The van der Waals surface area contributed by atoms with Gasteiger partial charge in [-0.05, 0) is 44.3 Å². The maximum atomic E-state index is 12.5. The topological polar surface area (TPSA) is 93.7 Å². The van der Waals surface area contributed by atoms with Crippen LogP contribution >= 0.6 is 0 Å². The summed E-state index contributed by atoms with van der Waals surface area (Å²) in [5.41, 5.74) is 0.684. The number of carbonyl (C=O) groups is 1. The molecule has 0 atom stereocenters. The Morgan fingerprint density at radius 3 is 2.48 bits per heavy atom. The molecule has 0 radical (unpaired) electrons. The van der Waals surface area contributed by atoms with E-state index in [1.54, 1.807) is 24.3 Å². The van der Waals surface area contributed by atoms with E-state index in [1.807, 2.05) is 6.92 Å². The number of hydrogen-bond acceptors (Lipinski definition) is 5. The lowest BCUT2D eigenvalue weighted by Gasteiger charge is -2.13. The van der Waals surface area contributed by atoms with E-state index in [4.69, 9.17) is 9.47 Å². The normalized spacial score (nSPS) is 11.0. The van der Waals surface area contributed by atoms with E-state index >= 15 is 0 Å². The molecular weight excluding hydrogens is 344 g/mol. The smallest absolute Gasteiger partial charge is 0.255 e. The molecule has 0 aliphatic heterocycles. The van der Waals surface area contributed by atoms with Crippen molar-refractivity contribution in [3.8, 4) is 11.5 Å². The van der Waals surface area contributed by atoms with E-state index in [-0.39, 0.29) is 16.2 Å². The molecule has 0 spiro atoms. The molecule has 25 heavy (non-hydrogen) atoms. The molecule has 7 nitrogen and oxygen atoms in total. The molecule has 0 heterocycles. The Morgan fingerprint density at radius 1 is 1.12 bits per heavy atom. The average Bonchev–Trinajstić information content (AvgIpc) is 2.63. The molecule has 0 fully saturated rings. The van der Waals surface area contributed by atoms with Crippen molar-refractivity contribution in [1.29, 1.82) is 0 Å². The number of carbonyl (C=O) groups excluding carboxylic acids is 1. The summed E-state index contributed by atoms with van der Waals surface area (Å²) in [5, 5.41) is 2.73. The first-order valence-corrected chi connectivity index (χ1v) is 9.06. The van der Waals surface area contributed by atoms with Gasteiger partial charge in [0.1, 0.15) is 16.4 Å².